The Balaban J connectivity index is 2.27. The Bertz CT molecular complexity index is 98.7. The van der Waals surface area contributed by atoms with E-state index in [9.17, 15) is 0 Å². The second-order valence-corrected chi connectivity index (χ2v) is 2.25. The molecule has 0 bridgehead atoms. The highest BCUT2D eigenvalue weighted by molar-refractivity contribution is 5.56. The van der Waals surface area contributed by atoms with E-state index in [2.05, 4.69) is 16.8 Å². The molecule has 0 saturated carbocycles. The molecule has 8 heavy (non-hydrogen) atoms. The number of aliphatic imine (C=N–C) groups is 1. The highest BCUT2D eigenvalue weighted by Gasteiger charge is 2.19. The second kappa shape index (κ2) is 2.16. The Morgan fingerprint density at radius 1 is 1.75 bits per heavy atom. The first kappa shape index (κ1) is 5.60. The van der Waals surface area contributed by atoms with E-state index >= 15 is 0 Å². The lowest BCUT2D eigenvalue weighted by molar-refractivity contribution is 0.211. The molecule has 0 aromatic carbocycles. The van der Waals surface area contributed by atoms with Crippen molar-refractivity contribution in [2.75, 3.05) is 13.6 Å². The number of hydrogen-bond acceptors (Lipinski definition) is 1. The van der Waals surface area contributed by atoms with Crippen LogP contribution < -0.4 is 0 Å². The molecular formula is C6H12N2. The molecule has 0 aromatic heterocycles. The van der Waals surface area contributed by atoms with E-state index in [-0.39, 0.29) is 0 Å². The van der Waals surface area contributed by atoms with Gasteiger partial charge >= 0.3 is 0 Å². The summed E-state index contributed by atoms with van der Waals surface area (Å²) >= 11 is 0. The number of rotatable bonds is 1. The van der Waals surface area contributed by atoms with Crippen LogP contribution in [0.5, 0.6) is 0 Å². The highest BCUT2D eigenvalue weighted by Crippen LogP contribution is 2.12. The van der Waals surface area contributed by atoms with Crippen LogP contribution in [0.3, 0.4) is 0 Å². The highest BCUT2D eigenvalue weighted by atomic mass is 15.2. The van der Waals surface area contributed by atoms with E-state index < -0.39 is 0 Å². The first-order chi connectivity index (χ1) is 3.84. The standard InChI is InChI=1S/C6H12N2/c1-6-3-4-8(6)5-7-2/h5-6H,3-4H2,1-2H3/b7-5+. The Kier molecular flexibility index (Phi) is 1.51. The molecular weight excluding hydrogens is 100 g/mol. The van der Waals surface area contributed by atoms with Crippen LogP contribution in [-0.2, 0) is 0 Å². The molecule has 1 aliphatic heterocycles. The minimum Gasteiger partial charge on any atom is -0.360 e. The molecule has 46 valence electrons. The van der Waals surface area contributed by atoms with Gasteiger partial charge in [-0.2, -0.15) is 0 Å². The minimum atomic E-state index is 0.735. The predicted octanol–water partition coefficient (Wildman–Crippen LogP) is 0.739. The molecule has 2 nitrogen and oxygen atoms in total. The summed E-state index contributed by atoms with van der Waals surface area (Å²) in [6.07, 6.45) is 3.24. The number of likely N-dealkylation sites (tertiary alicyclic amines) is 1. The number of nitrogens with zero attached hydrogens (tertiary/aromatic N) is 2. The van der Waals surface area contributed by atoms with Gasteiger partial charge in [0.25, 0.3) is 0 Å². The van der Waals surface area contributed by atoms with E-state index in [1.54, 1.807) is 0 Å². The van der Waals surface area contributed by atoms with Gasteiger partial charge in [0.2, 0.25) is 0 Å². The van der Waals surface area contributed by atoms with Gasteiger partial charge in [0, 0.05) is 19.6 Å². The Hall–Kier alpha value is -0.530. The van der Waals surface area contributed by atoms with Gasteiger partial charge in [0.1, 0.15) is 0 Å². The van der Waals surface area contributed by atoms with E-state index in [0.717, 1.165) is 6.04 Å². The molecule has 1 unspecified atom stereocenters. The SMILES string of the molecule is C/N=C/N1CCC1C. The second-order valence-electron chi connectivity index (χ2n) is 2.25. The van der Waals surface area contributed by atoms with Gasteiger partial charge in [-0.3, -0.25) is 4.99 Å². The minimum absolute atomic E-state index is 0.735. The molecule has 1 atom stereocenters. The van der Waals surface area contributed by atoms with E-state index in [4.69, 9.17) is 0 Å². The van der Waals surface area contributed by atoms with E-state index in [1.807, 2.05) is 13.4 Å². The first-order valence-corrected chi connectivity index (χ1v) is 3.02. The smallest absolute Gasteiger partial charge is 0.0848 e. The van der Waals surface area contributed by atoms with Crippen LogP contribution in [0.2, 0.25) is 0 Å². The van der Waals surface area contributed by atoms with Crippen molar-refractivity contribution >= 4 is 6.34 Å². The molecule has 0 spiro atoms. The Labute approximate surface area is 50.2 Å². The molecule has 0 N–H and O–H groups in total. The van der Waals surface area contributed by atoms with E-state index in [0.29, 0.717) is 0 Å². The summed E-state index contributed by atoms with van der Waals surface area (Å²) in [5.41, 5.74) is 0. The van der Waals surface area contributed by atoms with Crippen LogP contribution in [0.1, 0.15) is 13.3 Å². The summed E-state index contributed by atoms with van der Waals surface area (Å²) in [7, 11) is 1.81. The zero-order valence-electron chi connectivity index (χ0n) is 5.46. The lowest BCUT2D eigenvalue weighted by Gasteiger charge is -2.36. The summed E-state index contributed by atoms with van der Waals surface area (Å²) in [6, 6.07) is 0.735. The van der Waals surface area contributed by atoms with Crippen molar-refractivity contribution in [3.8, 4) is 0 Å². The maximum absolute atomic E-state index is 3.91. The Morgan fingerprint density at radius 2 is 2.50 bits per heavy atom. The summed E-state index contributed by atoms with van der Waals surface area (Å²) < 4.78 is 0. The van der Waals surface area contributed by atoms with Crippen molar-refractivity contribution in [1.82, 2.24) is 4.90 Å². The monoisotopic (exact) mass is 112 g/mol. The molecule has 1 heterocycles. The summed E-state index contributed by atoms with van der Waals surface area (Å²) in [4.78, 5) is 6.15. The summed E-state index contributed by atoms with van der Waals surface area (Å²) in [5, 5.41) is 0. The molecule has 0 amide bonds. The first-order valence-electron chi connectivity index (χ1n) is 3.02. The predicted molar refractivity (Wildman–Crippen MR) is 35.2 cm³/mol. The fourth-order valence-corrected chi connectivity index (χ4v) is 0.856. The van der Waals surface area contributed by atoms with Crippen molar-refractivity contribution < 1.29 is 0 Å². The molecule has 0 radical (unpaired) electrons. The molecule has 0 aliphatic carbocycles. The quantitative estimate of drug-likeness (QED) is 0.361. The van der Waals surface area contributed by atoms with Crippen LogP contribution in [0.25, 0.3) is 0 Å². The van der Waals surface area contributed by atoms with Gasteiger partial charge in [-0.1, -0.05) is 0 Å². The van der Waals surface area contributed by atoms with Crippen LogP contribution in [0, 0.1) is 0 Å². The molecule has 1 fully saturated rings. The van der Waals surface area contributed by atoms with Gasteiger partial charge in [0.05, 0.1) is 6.34 Å². The lowest BCUT2D eigenvalue weighted by atomic mass is 10.1. The maximum atomic E-state index is 3.91. The third kappa shape index (κ3) is 0.831. The maximum Gasteiger partial charge on any atom is 0.0848 e. The largest absolute Gasteiger partial charge is 0.360 e. The van der Waals surface area contributed by atoms with Crippen molar-refractivity contribution in [3.63, 3.8) is 0 Å². The van der Waals surface area contributed by atoms with Gasteiger partial charge in [-0.05, 0) is 13.3 Å². The van der Waals surface area contributed by atoms with Crippen LogP contribution in [-0.4, -0.2) is 30.9 Å². The van der Waals surface area contributed by atoms with Gasteiger partial charge in [-0.25, -0.2) is 0 Å². The van der Waals surface area contributed by atoms with Crippen molar-refractivity contribution in [2.24, 2.45) is 4.99 Å². The third-order valence-electron chi connectivity index (χ3n) is 1.64. The van der Waals surface area contributed by atoms with Gasteiger partial charge in [-0.15, -0.1) is 0 Å². The van der Waals surface area contributed by atoms with Crippen molar-refractivity contribution in [1.29, 1.82) is 0 Å². The molecule has 1 aliphatic rings. The lowest BCUT2D eigenvalue weighted by Crippen LogP contribution is -2.44. The normalized spacial score (nSPS) is 28.8. The average Bonchev–Trinajstić information content (AvgIpc) is 1.79. The van der Waals surface area contributed by atoms with Crippen LogP contribution in [0.15, 0.2) is 4.99 Å². The Morgan fingerprint density at radius 3 is 2.62 bits per heavy atom. The van der Waals surface area contributed by atoms with Gasteiger partial charge < -0.3 is 4.90 Å². The molecule has 1 saturated heterocycles. The number of hydrogen-bond donors (Lipinski definition) is 0. The molecule has 2 heteroatoms. The van der Waals surface area contributed by atoms with E-state index in [1.165, 1.54) is 13.0 Å². The summed E-state index contributed by atoms with van der Waals surface area (Å²) in [5.74, 6) is 0. The van der Waals surface area contributed by atoms with Gasteiger partial charge in [0.15, 0.2) is 0 Å². The van der Waals surface area contributed by atoms with Crippen molar-refractivity contribution in [2.45, 2.75) is 19.4 Å². The topological polar surface area (TPSA) is 15.6 Å². The fraction of sp³-hybridized carbons (Fsp3) is 0.833. The molecule has 1 rings (SSSR count). The van der Waals surface area contributed by atoms with Crippen molar-refractivity contribution in [3.05, 3.63) is 0 Å². The fourth-order valence-electron chi connectivity index (χ4n) is 0.856. The zero-order chi connectivity index (χ0) is 5.98. The third-order valence-corrected chi connectivity index (χ3v) is 1.64. The van der Waals surface area contributed by atoms with Crippen LogP contribution in [0.4, 0.5) is 0 Å². The molecule has 0 aromatic rings. The average molecular weight is 112 g/mol. The summed E-state index contributed by atoms with van der Waals surface area (Å²) in [6.45, 7) is 3.41. The zero-order valence-corrected chi connectivity index (χ0v) is 5.46. The van der Waals surface area contributed by atoms with Crippen LogP contribution >= 0.6 is 0 Å².